The number of carbonyl (C=O) groups excluding carboxylic acids is 1. The molecule has 1 aromatic carbocycles. The van der Waals surface area contributed by atoms with E-state index in [0.29, 0.717) is 0 Å². The molecule has 0 aliphatic carbocycles. The molecule has 2 aromatic rings. The lowest BCUT2D eigenvalue weighted by molar-refractivity contribution is -0.139. The van der Waals surface area contributed by atoms with Crippen LogP contribution in [0.1, 0.15) is 22.0 Å². The molecule has 0 unspecified atom stereocenters. The Morgan fingerprint density at radius 2 is 2.00 bits per heavy atom. The highest BCUT2D eigenvalue weighted by Crippen LogP contribution is 2.17. The lowest BCUT2D eigenvalue weighted by Crippen LogP contribution is -2.34. The molecule has 2 N–H and O–H groups in total. The molecular weight excluding hydrogens is 253 g/mol. The maximum Gasteiger partial charge on any atom is 0.331 e. The number of rotatable bonds is 4. The topological polar surface area (TPSA) is 79.5 Å². The largest absolute Gasteiger partial charge is 0.479 e. The summed E-state index contributed by atoms with van der Waals surface area (Å²) in [5, 5.41) is 11.3. The van der Waals surface area contributed by atoms with E-state index in [-0.39, 0.29) is 11.1 Å². The van der Waals surface area contributed by atoms with Gasteiger partial charge in [-0.25, -0.2) is 9.18 Å². The van der Waals surface area contributed by atoms with Crippen LogP contribution in [0.25, 0.3) is 0 Å². The monoisotopic (exact) mass is 263 g/mol. The molecule has 1 heterocycles. The molecule has 0 radical (unpaired) electrons. The minimum atomic E-state index is -1.46. The van der Waals surface area contributed by atoms with E-state index >= 15 is 0 Å². The lowest BCUT2D eigenvalue weighted by atomic mass is 10.1. The normalized spacial score (nSPS) is 11.8. The number of furan rings is 1. The van der Waals surface area contributed by atoms with Crippen LogP contribution in [0.15, 0.2) is 47.3 Å². The number of carboxylic acid groups (broad SMARTS) is 1. The highest BCUT2D eigenvalue weighted by Gasteiger charge is 2.25. The number of aliphatic carboxylic acids is 1. The van der Waals surface area contributed by atoms with Crippen LogP contribution in [-0.2, 0) is 4.79 Å². The molecule has 0 bridgehead atoms. The van der Waals surface area contributed by atoms with Crippen molar-refractivity contribution in [2.24, 2.45) is 0 Å². The van der Waals surface area contributed by atoms with E-state index in [9.17, 15) is 14.0 Å². The van der Waals surface area contributed by atoms with E-state index in [4.69, 9.17) is 9.52 Å². The Hall–Kier alpha value is -2.63. The molecule has 5 nitrogen and oxygen atoms in total. The van der Waals surface area contributed by atoms with Crippen molar-refractivity contribution in [3.05, 3.63) is 59.8 Å². The number of carbonyl (C=O) groups is 2. The zero-order chi connectivity index (χ0) is 13.8. The van der Waals surface area contributed by atoms with Gasteiger partial charge in [0.15, 0.2) is 6.04 Å². The number of hydrogen-bond donors (Lipinski definition) is 2. The molecule has 1 atom stereocenters. The molecule has 98 valence electrons. The summed E-state index contributed by atoms with van der Waals surface area (Å²) in [4.78, 5) is 22.9. The Bertz CT molecular complexity index is 594. The Morgan fingerprint density at radius 3 is 2.58 bits per heavy atom. The highest BCUT2D eigenvalue weighted by atomic mass is 19.1. The number of halogens is 1. The van der Waals surface area contributed by atoms with Crippen molar-refractivity contribution >= 4 is 11.9 Å². The molecule has 0 saturated heterocycles. The maximum absolute atomic E-state index is 13.6. The van der Waals surface area contributed by atoms with Crippen molar-refractivity contribution in [1.29, 1.82) is 0 Å². The third-order valence-electron chi connectivity index (χ3n) is 2.52. The van der Waals surface area contributed by atoms with Gasteiger partial charge in [-0.15, -0.1) is 0 Å². The molecule has 2 rings (SSSR count). The van der Waals surface area contributed by atoms with Gasteiger partial charge in [-0.2, -0.15) is 0 Å². The number of amides is 1. The third kappa shape index (κ3) is 2.79. The predicted octanol–water partition coefficient (Wildman–Crippen LogP) is 1.97. The van der Waals surface area contributed by atoms with E-state index in [1.165, 1.54) is 36.8 Å². The predicted molar refractivity (Wildman–Crippen MR) is 63.0 cm³/mol. The van der Waals surface area contributed by atoms with Gasteiger partial charge < -0.3 is 14.8 Å². The highest BCUT2D eigenvalue weighted by molar-refractivity contribution is 5.96. The fourth-order valence-corrected chi connectivity index (χ4v) is 1.59. The van der Waals surface area contributed by atoms with Crippen molar-refractivity contribution in [3.63, 3.8) is 0 Å². The summed E-state index contributed by atoms with van der Waals surface area (Å²) < 4.78 is 18.3. The smallest absolute Gasteiger partial charge is 0.331 e. The Morgan fingerprint density at radius 1 is 1.26 bits per heavy atom. The van der Waals surface area contributed by atoms with Gasteiger partial charge in [0.25, 0.3) is 5.91 Å². The van der Waals surface area contributed by atoms with Crippen LogP contribution in [-0.4, -0.2) is 17.0 Å². The van der Waals surface area contributed by atoms with E-state index in [2.05, 4.69) is 5.32 Å². The maximum atomic E-state index is 13.6. The summed E-state index contributed by atoms with van der Waals surface area (Å²) in [6.45, 7) is 0. The molecule has 0 spiro atoms. The summed E-state index contributed by atoms with van der Waals surface area (Å²) in [6.07, 6.45) is 2.46. The Labute approximate surface area is 107 Å². The lowest BCUT2D eigenvalue weighted by Gasteiger charge is -2.14. The second kappa shape index (κ2) is 5.34. The second-order valence-electron chi connectivity index (χ2n) is 3.78. The summed E-state index contributed by atoms with van der Waals surface area (Å²) >= 11 is 0. The third-order valence-corrected chi connectivity index (χ3v) is 2.52. The second-order valence-corrected chi connectivity index (χ2v) is 3.78. The molecule has 6 heteroatoms. The van der Waals surface area contributed by atoms with E-state index in [1.807, 2.05) is 0 Å². The van der Waals surface area contributed by atoms with Gasteiger partial charge in [0, 0.05) is 5.56 Å². The number of hydrogen-bond acceptors (Lipinski definition) is 3. The first-order valence-electron chi connectivity index (χ1n) is 5.40. The van der Waals surface area contributed by atoms with Gasteiger partial charge in [0.2, 0.25) is 0 Å². The number of benzene rings is 1. The zero-order valence-corrected chi connectivity index (χ0v) is 9.67. The fraction of sp³-hybridized carbons (Fsp3) is 0.0769. The average Bonchev–Trinajstić information content (AvgIpc) is 2.90. The SMILES string of the molecule is O=C(N[C@@H](C(=O)O)c1ccccc1F)c1ccoc1. The number of carboxylic acids is 1. The van der Waals surface area contributed by atoms with Crippen LogP contribution in [0.2, 0.25) is 0 Å². The van der Waals surface area contributed by atoms with Gasteiger partial charge >= 0.3 is 5.97 Å². The standard InChI is InChI=1S/C13H10FNO4/c14-10-4-2-1-3-9(10)11(13(17)18)15-12(16)8-5-6-19-7-8/h1-7,11H,(H,15,16)(H,17,18)/t11-/m1/s1. The van der Waals surface area contributed by atoms with Crippen LogP contribution in [0, 0.1) is 5.82 Å². The van der Waals surface area contributed by atoms with Crippen molar-refractivity contribution < 1.29 is 23.5 Å². The molecule has 0 saturated carbocycles. The van der Waals surface area contributed by atoms with Crippen LogP contribution in [0.4, 0.5) is 4.39 Å². The van der Waals surface area contributed by atoms with E-state index in [1.54, 1.807) is 0 Å². The van der Waals surface area contributed by atoms with Gasteiger partial charge in [0.05, 0.1) is 11.8 Å². The molecular formula is C13H10FNO4. The van der Waals surface area contributed by atoms with Crippen molar-refractivity contribution in [3.8, 4) is 0 Å². The van der Waals surface area contributed by atoms with Crippen LogP contribution in [0.3, 0.4) is 0 Å². The average molecular weight is 263 g/mol. The van der Waals surface area contributed by atoms with Gasteiger partial charge in [-0.05, 0) is 12.1 Å². The first-order chi connectivity index (χ1) is 9.09. The first-order valence-corrected chi connectivity index (χ1v) is 5.40. The van der Waals surface area contributed by atoms with Gasteiger partial charge in [0.1, 0.15) is 12.1 Å². The minimum Gasteiger partial charge on any atom is -0.479 e. The summed E-state index contributed by atoms with van der Waals surface area (Å²) in [6, 6.07) is 5.31. The van der Waals surface area contributed by atoms with Crippen molar-refractivity contribution in [2.75, 3.05) is 0 Å². The molecule has 1 amide bonds. The molecule has 0 aliphatic rings. The Balaban J connectivity index is 2.25. The summed E-state index contributed by atoms with van der Waals surface area (Å²) in [7, 11) is 0. The van der Waals surface area contributed by atoms with Crippen LogP contribution in [0.5, 0.6) is 0 Å². The summed E-state index contributed by atoms with van der Waals surface area (Å²) in [5.41, 5.74) is 0.0643. The zero-order valence-electron chi connectivity index (χ0n) is 9.67. The minimum absolute atomic E-state index is 0.105. The van der Waals surface area contributed by atoms with Crippen molar-refractivity contribution in [1.82, 2.24) is 5.32 Å². The van der Waals surface area contributed by atoms with Crippen LogP contribution >= 0.6 is 0 Å². The molecule has 1 aromatic heterocycles. The van der Waals surface area contributed by atoms with Gasteiger partial charge in [-0.3, -0.25) is 4.79 Å². The van der Waals surface area contributed by atoms with E-state index in [0.717, 1.165) is 6.07 Å². The first kappa shape index (κ1) is 12.8. The van der Waals surface area contributed by atoms with Gasteiger partial charge in [-0.1, -0.05) is 18.2 Å². The fourth-order valence-electron chi connectivity index (χ4n) is 1.59. The molecule has 0 aliphatic heterocycles. The molecule has 19 heavy (non-hydrogen) atoms. The Kier molecular flexibility index (Phi) is 3.61. The summed E-state index contributed by atoms with van der Waals surface area (Å²) in [5.74, 6) is -2.69. The van der Waals surface area contributed by atoms with E-state index < -0.39 is 23.7 Å². The van der Waals surface area contributed by atoms with Crippen LogP contribution < -0.4 is 5.32 Å². The van der Waals surface area contributed by atoms with Crippen molar-refractivity contribution in [2.45, 2.75) is 6.04 Å². The molecule has 0 fully saturated rings. The quantitative estimate of drug-likeness (QED) is 0.883. The number of nitrogens with one attached hydrogen (secondary N) is 1.